The average molecular weight is 441 g/mol. The molecule has 0 amide bonds. The van der Waals surface area contributed by atoms with Crippen LogP contribution in [-0.4, -0.2) is 53.4 Å². The Morgan fingerprint density at radius 2 is 1.42 bits per heavy atom. The van der Waals surface area contributed by atoms with E-state index in [9.17, 15) is 18.8 Å². The molecule has 0 aliphatic heterocycles. The van der Waals surface area contributed by atoms with Gasteiger partial charge in [0.05, 0.1) is 6.10 Å². The van der Waals surface area contributed by atoms with Crippen LogP contribution >= 0.6 is 23.5 Å². The van der Waals surface area contributed by atoms with Crippen molar-refractivity contribution in [2.45, 2.75) is 6.10 Å². The second-order valence-corrected chi connectivity index (χ2v) is 8.64. The number of aliphatic hydroxyl groups excluding tert-OH is 1. The van der Waals surface area contributed by atoms with Crippen LogP contribution in [0.15, 0.2) is 18.2 Å². The minimum Gasteiger partial charge on any atom is -0.504 e. The maximum atomic E-state index is 10.4. The fourth-order valence-corrected chi connectivity index (χ4v) is 3.88. The normalized spacial score (nSPS) is 13.7. The van der Waals surface area contributed by atoms with E-state index >= 15 is 0 Å². The summed E-state index contributed by atoms with van der Waals surface area (Å²) < 4.78 is 36.4. The molecule has 0 saturated carbocycles. The maximum absolute atomic E-state index is 10.4. The highest BCUT2D eigenvalue weighted by molar-refractivity contribution is 7.66. The van der Waals surface area contributed by atoms with Gasteiger partial charge in [0.25, 0.3) is 0 Å². The van der Waals surface area contributed by atoms with Crippen molar-refractivity contribution in [3.63, 3.8) is 0 Å². The van der Waals surface area contributed by atoms with Crippen LogP contribution in [0.4, 0.5) is 0 Å². The van der Waals surface area contributed by atoms with Gasteiger partial charge in [-0.2, -0.15) is 8.62 Å². The van der Waals surface area contributed by atoms with Crippen LogP contribution in [0.25, 0.3) is 0 Å². The van der Waals surface area contributed by atoms with Crippen LogP contribution < -0.4 is 5.32 Å². The van der Waals surface area contributed by atoms with Gasteiger partial charge in [-0.3, -0.25) is 0 Å². The highest BCUT2D eigenvalue weighted by Crippen LogP contribution is 2.64. The SMILES string of the molecule is CNC[C@H](O)c1ccc(O)c(O)c1.O=P(O)(O)OP(=O)(O)OP(=O)(O)O. The zero-order valence-corrected chi connectivity index (χ0v) is 15.7. The van der Waals surface area contributed by atoms with E-state index in [0.717, 1.165) is 0 Å². The Hall–Kier alpha value is -0.850. The fourth-order valence-electron chi connectivity index (χ4n) is 1.34. The fraction of sp³-hybridized carbons (Fsp3) is 0.333. The van der Waals surface area contributed by atoms with E-state index in [2.05, 4.69) is 13.9 Å². The number of aliphatic hydroxyl groups is 1. The predicted octanol–water partition coefficient (Wildman–Crippen LogP) is -0.344. The van der Waals surface area contributed by atoms with Crippen LogP contribution in [0.5, 0.6) is 11.5 Å². The summed E-state index contributed by atoms with van der Waals surface area (Å²) in [5, 5.41) is 30.4. The average Bonchev–Trinajstić information content (AvgIpc) is 2.37. The van der Waals surface area contributed by atoms with Gasteiger partial charge >= 0.3 is 23.5 Å². The molecule has 0 bridgehead atoms. The first-order valence-corrected chi connectivity index (χ1v) is 10.8. The van der Waals surface area contributed by atoms with Gasteiger partial charge in [0.2, 0.25) is 0 Å². The van der Waals surface area contributed by atoms with Crippen molar-refractivity contribution < 1.29 is 62.1 Å². The molecule has 9 N–H and O–H groups in total. The summed E-state index contributed by atoms with van der Waals surface area (Å²) in [6, 6.07) is 4.26. The van der Waals surface area contributed by atoms with Crippen molar-refractivity contribution in [2.24, 2.45) is 0 Å². The Labute approximate surface area is 146 Å². The van der Waals surface area contributed by atoms with Crippen molar-refractivity contribution in [1.29, 1.82) is 0 Å². The third-order valence-electron chi connectivity index (χ3n) is 2.20. The number of hydrogen-bond acceptors (Lipinski definition) is 9. The van der Waals surface area contributed by atoms with Gasteiger partial charge in [-0.05, 0) is 24.7 Å². The largest absolute Gasteiger partial charge is 0.504 e. The van der Waals surface area contributed by atoms with Crippen molar-refractivity contribution in [3.05, 3.63) is 23.8 Å². The lowest BCUT2D eigenvalue weighted by Crippen LogP contribution is -2.16. The molecule has 0 radical (unpaired) electrons. The summed E-state index contributed by atoms with van der Waals surface area (Å²) in [5.74, 6) is -0.395. The van der Waals surface area contributed by atoms with Gasteiger partial charge in [-0.1, -0.05) is 6.07 Å². The zero-order valence-electron chi connectivity index (χ0n) is 13.0. The second kappa shape index (κ2) is 9.90. The molecule has 26 heavy (non-hydrogen) atoms. The van der Waals surface area contributed by atoms with Crippen LogP contribution in [0, 0.1) is 0 Å². The number of likely N-dealkylation sites (N-methyl/N-ethyl adjacent to an activating group) is 1. The molecule has 0 fully saturated rings. The second-order valence-electron chi connectivity index (χ2n) is 4.43. The number of benzene rings is 1. The number of phenols is 2. The molecular weight excluding hydrogens is 423 g/mol. The molecule has 0 spiro atoms. The Kier molecular flexibility index (Phi) is 9.58. The molecule has 152 valence electrons. The molecule has 0 unspecified atom stereocenters. The number of phosphoric acid groups is 3. The molecule has 17 heteroatoms. The third-order valence-corrected chi connectivity index (χ3v) is 5.55. The zero-order chi connectivity index (χ0) is 20.8. The Balaban J connectivity index is 0.000000481. The van der Waals surface area contributed by atoms with Crippen molar-refractivity contribution in [1.82, 2.24) is 5.32 Å². The summed E-state index contributed by atoms with van der Waals surface area (Å²) in [6.07, 6.45) is -0.670. The predicted molar refractivity (Wildman–Crippen MR) is 84.7 cm³/mol. The summed E-state index contributed by atoms with van der Waals surface area (Å²) in [4.78, 5) is 40.2. The van der Waals surface area contributed by atoms with Gasteiger partial charge < -0.3 is 45.1 Å². The lowest BCUT2D eigenvalue weighted by Gasteiger charge is -2.11. The molecule has 1 aromatic carbocycles. The monoisotopic (exact) mass is 441 g/mol. The highest BCUT2D eigenvalue weighted by atomic mass is 31.3. The van der Waals surface area contributed by atoms with Crippen LogP contribution in [-0.2, 0) is 22.3 Å². The molecule has 0 saturated heterocycles. The first-order valence-electron chi connectivity index (χ1n) is 6.27. The van der Waals surface area contributed by atoms with E-state index < -0.39 is 29.6 Å². The third kappa shape index (κ3) is 11.7. The van der Waals surface area contributed by atoms with E-state index in [0.29, 0.717) is 12.1 Å². The minimum absolute atomic E-state index is 0.180. The number of phenolic OH excluding ortho intramolecular Hbond substituents is 2. The van der Waals surface area contributed by atoms with Crippen LogP contribution in [0.2, 0.25) is 0 Å². The first-order chi connectivity index (χ1) is 11.6. The van der Waals surface area contributed by atoms with Crippen molar-refractivity contribution in [2.75, 3.05) is 13.6 Å². The van der Waals surface area contributed by atoms with Gasteiger partial charge in [0, 0.05) is 6.54 Å². The van der Waals surface area contributed by atoms with E-state index in [1.165, 1.54) is 12.1 Å². The van der Waals surface area contributed by atoms with E-state index in [4.69, 9.17) is 34.7 Å². The molecule has 0 aliphatic carbocycles. The molecular formula is C9H18NO13P3. The molecule has 0 heterocycles. The molecule has 1 aromatic rings. The molecule has 14 nitrogen and oxygen atoms in total. The van der Waals surface area contributed by atoms with Gasteiger partial charge in [-0.15, -0.1) is 0 Å². The van der Waals surface area contributed by atoms with Gasteiger partial charge in [0.1, 0.15) is 0 Å². The molecule has 1 atom stereocenters. The number of rotatable bonds is 7. The van der Waals surface area contributed by atoms with Gasteiger partial charge in [0.15, 0.2) is 11.5 Å². The standard InChI is InChI=1S/C9H13NO3.H5O10P3/c1-10-5-9(13)6-2-3-7(11)8(12)4-6;1-11(2,3)9-13(7,8)10-12(4,5)6/h2-4,9-13H,5H2,1H3;(H,7,8)(H2,1,2,3)(H2,4,5,6)/t9-;/m0./s1. The quantitative estimate of drug-likeness (QED) is 0.194. The number of hydrogen-bond donors (Lipinski definition) is 9. The van der Waals surface area contributed by atoms with E-state index in [1.807, 2.05) is 0 Å². The van der Waals surface area contributed by atoms with E-state index in [1.54, 1.807) is 13.1 Å². The Bertz CT molecular complexity index is 700. The van der Waals surface area contributed by atoms with Crippen LogP contribution in [0.1, 0.15) is 11.7 Å². The highest BCUT2D eigenvalue weighted by Gasteiger charge is 2.38. The number of aromatic hydroxyl groups is 2. The summed E-state index contributed by atoms with van der Waals surface area (Å²) in [5.41, 5.74) is 0.574. The number of nitrogens with one attached hydrogen (secondary N) is 1. The van der Waals surface area contributed by atoms with Crippen molar-refractivity contribution >= 4 is 23.5 Å². The lowest BCUT2D eigenvalue weighted by molar-refractivity contribution is 0.177. The topological polar surface area (TPSA) is 244 Å². The summed E-state index contributed by atoms with van der Waals surface area (Å²) in [6.45, 7) is 0.407. The Morgan fingerprint density at radius 1 is 0.962 bits per heavy atom. The molecule has 0 aliphatic rings. The molecule has 1 rings (SSSR count). The van der Waals surface area contributed by atoms with Gasteiger partial charge in [-0.25, -0.2) is 13.7 Å². The van der Waals surface area contributed by atoms with E-state index in [-0.39, 0.29) is 11.5 Å². The first kappa shape index (κ1) is 25.1. The minimum atomic E-state index is -5.46. The smallest absolute Gasteiger partial charge is 0.490 e. The summed E-state index contributed by atoms with van der Waals surface area (Å²) in [7, 11) is -14.4. The van der Waals surface area contributed by atoms with Crippen LogP contribution in [0.3, 0.4) is 0 Å². The summed E-state index contributed by atoms with van der Waals surface area (Å²) >= 11 is 0. The lowest BCUT2D eigenvalue weighted by atomic mass is 10.1. The maximum Gasteiger partial charge on any atom is 0.490 e. The Morgan fingerprint density at radius 3 is 1.77 bits per heavy atom. The molecule has 0 aromatic heterocycles. The van der Waals surface area contributed by atoms with Crippen molar-refractivity contribution in [3.8, 4) is 11.5 Å².